The van der Waals surface area contributed by atoms with Crippen molar-refractivity contribution < 1.29 is 27.9 Å². The predicted octanol–water partition coefficient (Wildman–Crippen LogP) is 7.07. The lowest BCUT2D eigenvalue weighted by molar-refractivity contribution is -0.884. The van der Waals surface area contributed by atoms with Gasteiger partial charge in [-0.2, -0.15) is 0 Å². The van der Waals surface area contributed by atoms with Gasteiger partial charge in [0.05, 0.1) is 34.4 Å². The van der Waals surface area contributed by atoms with E-state index in [2.05, 4.69) is 19.1 Å². The highest BCUT2D eigenvalue weighted by Crippen LogP contribution is 2.47. The number of rotatable bonds is 25. The van der Waals surface area contributed by atoms with Crippen molar-refractivity contribution in [1.82, 2.24) is 0 Å². The average molecular weight is 520 g/mol. The summed E-state index contributed by atoms with van der Waals surface area (Å²) in [4.78, 5) is 12.6. The van der Waals surface area contributed by atoms with Crippen LogP contribution in [0.15, 0.2) is 12.2 Å². The second-order valence-corrected chi connectivity index (χ2v) is 12.6. The van der Waals surface area contributed by atoms with Gasteiger partial charge < -0.3 is 27.9 Å². The Kier molecular flexibility index (Phi) is 21.7. The Morgan fingerprint density at radius 3 is 1.80 bits per heavy atom. The minimum absolute atomic E-state index is 0.00300. The lowest BCUT2D eigenvalue weighted by Crippen LogP contribution is -2.47. The highest BCUT2D eigenvalue weighted by atomic mass is 31.2. The third-order valence-electron chi connectivity index (χ3n) is 6.50. The van der Waals surface area contributed by atoms with Crippen LogP contribution in [0.1, 0.15) is 110 Å². The average Bonchev–Trinajstić information content (AvgIpc) is 2.79. The summed E-state index contributed by atoms with van der Waals surface area (Å²) in [5.74, 6) is -0.566. The second kappa shape index (κ2) is 21.8. The first-order valence-corrected chi connectivity index (χ1v) is 15.8. The monoisotopic (exact) mass is 519 g/mol. The van der Waals surface area contributed by atoms with Crippen molar-refractivity contribution in [2.45, 2.75) is 122 Å². The number of nitrogens with zero attached hydrogens (tertiary/aromatic N) is 1. The fraction of sp³-hybridized carbons (Fsp3) is 0.929. The SMILES string of the molecule is CCCCC/C=C\CCCCCCCCCCCOC[C@H](COP(=O)([O-])C(CC)[N+](C)(C)C)OC. The largest absolute Gasteiger partial charge is 0.774 e. The predicted molar refractivity (Wildman–Crippen MR) is 147 cm³/mol. The molecule has 0 bridgehead atoms. The van der Waals surface area contributed by atoms with Gasteiger partial charge in [0.1, 0.15) is 6.10 Å². The Morgan fingerprint density at radius 1 is 0.800 bits per heavy atom. The molecule has 0 N–H and O–H groups in total. The maximum atomic E-state index is 12.6. The molecule has 0 spiro atoms. The number of hydrogen-bond donors (Lipinski definition) is 0. The van der Waals surface area contributed by atoms with E-state index in [1.807, 2.05) is 28.1 Å². The summed E-state index contributed by atoms with van der Waals surface area (Å²) in [6.07, 6.45) is 22.8. The maximum Gasteiger partial charge on any atom is 0.193 e. The van der Waals surface area contributed by atoms with Gasteiger partial charge in [-0.1, -0.05) is 83.8 Å². The van der Waals surface area contributed by atoms with Gasteiger partial charge in [0.2, 0.25) is 0 Å². The topological polar surface area (TPSA) is 67.8 Å². The molecular formula is C28H58NO5P. The number of hydrogen-bond acceptors (Lipinski definition) is 5. The Bertz CT molecular complexity index is 550. The van der Waals surface area contributed by atoms with E-state index in [0.29, 0.717) is 24.1 Å². The normalized spacial score (nSPS) is 16.0. The van der Waals surface area contributed by atoms with E-state index in [0.717, 1.165) is 6.42 Å². The molecule has 6 nitrogen and oxygen atoms in total. The van der Waals surface area contributed by atoms with E-state index < -0.39 is 13.4 Å². The summed E-state index contributed by atoms with van der Waals surface area (Å²) < 4.78 is 29.3. The van der Waals surface area contributed by atoms with E-state index in [1.165, 1.54) is 83.5 Å². The molecule has 0 aliphatic rings. The van der Waals surface area contributed by atoms with Crippen LogP contribution in [0, 0.1) is 0 Å². The van der Waals surface area contributed by atoms with E-state index in [9.17, 15) is 9.46 Å². The van der Waals surface area contributed by atoms with Crippen molar-refractivity contribution >= 4 is 7.60 Å². The third kappa shape index (κ3) is 19.5. The summed E-state index contributed by atoms with van der Waals surface area (Å²) in [7, 11) is 3.19. The number of methoxy groups -OCH3 is 1. The van der Waals surface area contributed by atoms with E-state index in [1.54, 1.807) is 7.11 Å². The second-order valence-electron chi connectivity index (χ2n) is 10.7. The number of unbranched alkanes of at least 4 members (excludes halogenated alkanes) is 12. The summed E-state index contributed by atoms with van der Waals surface area (Å²) in [5, 5.41) is 0. The van der Waals surface area contributed by atoms with Crippen molar-refractivity contribution in [3.05, 3.63) is 12.2 Å². The molecule has 0 aromatic rings. The molecular weight excluding hydrogens is 461 g/mol. The molecule has 0 radical (unpaired) electrons. The zero-order chi connectivity index (χ0) is 26.4. The fourth-order valence-corrected chi connectivity index (χ4v) is 6.16. The Labute approximate surface area is 217 Å². The summed E-state index contributed by atoms with van der Waals surface area (Å²) in [5.41, 5.74) is 0. The molecule has 0 rings (SSSR count). The van der Waals surface area contributed by atoms with Crippen LogP contribution in [0.4, 0.5) is 0 Å². The minimum Gasteiger partial charge on any atom is -0.774 e. The number of ether oxygens (including phenoxy) is 2. The van der Waals surface area contributed by atoms with Crippen LogP contribution < -0.4 is 4.89 Å². The highest BCUT2D eigenvalue weighted by Gasteiger charge is 2.34. The molecule has 0 aromatic carbocycles. The smallest absolute Gasteiger partial charge is 0.193 e. The van der Waals surface area contributed by atoms with Crippen LogP contribution in [0.25, 0.3) is 0 Å². The molecule has 2 unspecified atom stereocenters. The van der Waals surface area contributed by atoms with Crippen molar-refractivity contribution in [3.8, 4) is 0 Å². The molecule has 0 amide bonds. The Morgan fingerprint density at radius 2 is 1.31 bits per heavy atom. The summed E-state index contributed by atoms with van der Waals surface area (Å²) >= 11 is 0. The summed E-state index contributed by atoms with van der Waals surface area (Å²) in [6, 6.07) is 0. The molecule has 0 aliphatic heterocycles. The first-order chi connectivity index (χ1) is 16.7. The van der Waals surface area contributed by atoms with Gasteiger partial charge >= 0.3 is 0 Å². The van der Waals surface area contributed by atoms with Crippen LogP contribution in [-0.4, -0.2) is 64.4 Å². The summed E-state index contributed by atoms with van der Waals surface area (Å²) in [6.45, 7) is 5.16. The van der Waals surface area contributed by atoms with E-state index in [-0.39, 0.29) is 12.7 Å². The molecule has 7 heteroatoms. The molecule has 0 fully saturated rings. The molecule has 0 saturated heterocycles. The third-order valence-corrected chi connectivity index (χ3v) is 8.80. The van der Waals surface area contributed by atoms with Gasteiger partial charge in [-0.3, -0.25) is 0 Å². The van der Waals surface area contributed by atoms with Crippen LogP contribution in [0.5, 0.6) is 0 Å². The van der Waals surface area contributed by atoms with E-state index in [4.69, 9.17) is 14.0 Å². The zero-order valence-corrected chi connectivity index (χ0v) is 24.9. The zero-order valence-electron chi connectivity index (χ0n) is 24.0. The van der Waals surface area contributed by atoms with Crippen molar-refractivity contribution in [2.75, 3.05) is 48.1 Å². The van der Waals surface area contributed by atoms with Crippen LogP contribution in [-0.2, 0) is 18.6 Å². The van der Waals surface area contributed by atoms with Gasteiger partial charge in [0.15, 0.2) is 13.4 Å². The first kappa shape index (κ1) is 34.8. The van der Waals surface area contributed by atoms with Crippen molar-refractivity contribution in [2.24, 2.45) is 0 Å². The number of quaternary nitrogens is 1. The molecule has 0 saturated carbocycles. The van der Waals surface area contributed by atoms with Gasteiger partial charge in [0.25, 0.3) is 0 Å². The van der Waals surface area contributed by atoms with Gasteiger partial charge in [-0.05, 0) is 32.1 Å². The molecule has 35 heavy (non-hydrogen) atoms. The molecule has 0 heterocycles. The lowest BCUT2D eigenvalue weighted by Gasteiger charge is -2.41. The fourth-order valence-electron chi connectivity index (χ4n) is 4.32. The van der Waals surface area contributed by atoms with Gasteiger partial charge in [-0.25, -0.2) is 0 Å². The Balaban J connectivity index is 3.66. The van der Waals surface area contributed by atoms with Gasteiger partial charge in [-0.15, -0.1) is 0 Å². The molecule has 0 aliphatic carbocycles. The highest BCUT2D eigenvalue weighted by molar-refractivity contribution is 7.51. The van der Waals surface area contributed by atoms with Gasteiger partial charge in [0, 0.05) is 20.1 Å². The van der Waals surface area contributed by atoms with E-state index >= 15 is 0 Å². The molecule has 3 atom stereocenters. The maximum absolute atomic E-state index is 12.6. The lowest BCUT2D eigenvalue weighted by atomic mass is 10.1. The number of allylic oxidation sites excluding steroid dienone is 2. The van der Waals surface area contributed by atoms with Crippen LogP contribution in [0.2, 0.25) is 0 Å². The molecule has 0 aromatic heterocycles. The van der Waals surface area contributed by atoms with Crippen molar-refractivity contribution in [3.63, 3.8) is 0 Å². The minimum atomic E-state index is -3.99. The van der Waals surface area contributed by atoms with Crippen molar-refractivity contribution in [1.29, 1.82) is 0 Å². The molecule has 210 valence electrons. The first-order valence-electron chi connectivity index (χ1n) is 14.2. The van der Waals surface area contributed by atoms with Crippen LogP contribution in [0.3, 0.4) is 0 Å². The quantitative estimate of drug-likeness (QED) is 0.0558. The standard InChI is InChI=1S/C28H58NO5P/c1-7-9-10-11-12-13-14-15-16-17-18-19-20-21-22-23-24-33-25-27(32-6)26-34-35(30,31)28(8-2)29(3,4)5/h12-13,27-28H,7-11,14-26H2,1-6H3/b13-12-/t27-,28?/m1/s1. The Hall–Kier alpha value is -0.230. The van der Waals surface area contributed by atoms with Crippen LogP contribution >= 0.6 is 7.60 Å².